The molecule has 2 heterocycles. The minimum absolute atomic E-state index is 0.533. The summed E-state index contributed by atoms with van der Waals surface area (Å²) < 4.78 is 0. The number of hydrogen-bond donors (Lipinski definition) is 1. The zero-order valence-corrected chi connectivity index (χ0v) is 13.6. The highest BCUT2D eigenvalue weighted by Gasteiger charge is 2.34. The van der Waals surface area contributed by atoms with Crippen molar-refractivity contribution in [1.82, 2.24) is 10.2 Å². The van der Waals surface area contributed by atoms with E-state index in [4.69, 9.17) is 0 Å². The van der Waals surface area contributed by atoms with E-state index in [2.05, 4.69) is 53.2 Å². The smallest absolute Gasteiger partial charge is 0.0369 e. The second-order valence-corrected chi connectivity index (χ2v) is 6.88. The van der Waals surface area contributed by atoms with Gasteiger partial charge in [0, 0.05) is 45.0 Å². The maximum atomic E-state index is 3.56. The van der Waals surface area contributed by atoms with Crippen LogP contribution in [-0.4, -0.2) is 50.7 Å². The van der Waals surface area contributed by atoms with E-state index in [1.165, 1.54) is 56.8 Å². The molecule has 3 heteroatoms. The highest BCUT2D eigenvalue weighted by atomic mass is 15.3. The summed E-state index contributed by atoms with van der Waals surface area (Å²) in [6, 6.07) is 8.91. The Bertz CT molecular complexity index is 457. The van der Waals surface area contributed by atoms with Crippen molar-refractivity contribution in [1.29, 1.82) is 0 Å². The summed E-state index contributed by atoms with van der Waals surface area (Å²) in [7, 11) is 0. The molecule has 0 amide bonds. The van der Waals surface area contributed by atoms with Crippen molar-refractivity contribution < 1.29 is 0 Å². The monoisotopic (exact) mass is 287 g/mol. The van der Waals surface area contributed by atoms with Crippen molar-refractivity contribution in [2.24, 2.45) is 5.41 Å². The summed E-state index contributed by atoms with van der Waals surface area (Å²) in [5, 5.41) is 3.56. The largest absolute Gasteiger partial charge is 0.369 e. The summed E-state index contributed by atoms with van der Waals surface area (Å²) in [6.07, 6.45) is 2.65. The first-order valence-corrected chi connectivity index (χ1v) is 8.45. The third-order valence-corrected chi connectivity index (χ3v) is 5.38. The molecule has 2 fully saturated rings. The quantitative estimate of drug-likeness (QED) is 0.918. The summed E-state index contributed by atoms with van der Waals surface area (Å²) >= 11 is 0. The molecule has 21 heavy (non-hydrogen) atoms. The number of piperazine rings is 1. The predicted molar refractivity (Wildman–Crippen MR) is 90.0 cm³/mol. The van der Waals surface area contributed by atoms with Gasteiger partial charge in [0.25, 0.3) is 0 Å². The van der Waals surface area contributed by atoms with E-state index < -0.39 is 0 Å². The first-order valence-electron chi connectivity index (χ1n) is 8.45. The minimum Gasteiger partial charge on any atom is -0.369 e. The number of rotatable bonds is 4. The van der Waals surface area contributed by atoms with Gasteiger partial charge < -0.3 is 10.2 Å². The van der Waals surface area contributed by atoms with Crippen molar-refractivity contribution in [2.45, 2.75) is 26.7 Å². The van der Waals surface area contributed by atoms with Gasteiger partial charge in [-0.3, -0.25) is 4.90 Å². The van der Waals surface area contributed by atoms with Gasteiger partial charge in [0.2, 0.25) is 0 Å². The molecule has 0 aromatic heterocycles. The fourth-order valence-corrected chi connectivity index (χ4v) is 3.81. The van der Waals surface area contributed by atoms with E-state index in [1.807, 2.05) is 0 Å². The summed E-state index contributed by atoms with van der Waals surface area (Å²) in [6.45, 7) is 13.0. The lowest BCUT2D eigenvalue weighted by molar-refractivity contribution is 0.151. The molecule has 2 aliphatic rings. The van der Waals surface area contributed by atoms with Crippen LogP contribution in [0.15, 0.2) is 24.3 Å². The number of anilines is 1. The molecule has 116 valence electrons. The van der Waals surface area contributed by atoms with Crippen LogP contribution < -0.4 is 10.2 Å². The second kappa shape index (κ2) is 6.37. The number of nitrogens with zero attached hydrogens (tertiary/aromatic N) is 2. The van der Waals surface area contributed by atoms with Gasteiger partial charge in [0.1, 0.15) is 0 Å². The molecule has 2 saturated heterocycles. The van der Waals surface area contributed by atoms with Gasteiger partial charge in [-0.15, -0.1) is 0 Å². The zero-order valence-electron chi connectivity index (χ0n) is 13.6. The van der Waals surface area contributed by atoms with E-state index in [0.717, 1.165) is 13.1 Å². The molecular weight excluding hydrogens is 258 g/mol. The molecule has 3 rings (SSSR count). The predicted octanol–water partition coefficient (Wildman–Crippen LogP) is 2.51. The Labute approximate surface area is 129 Å². The Hall–Kier alpha value is -1.06. The summed E-state index contributed by atoms with van der Waals surface area (Å²) in [4.78, 5) is 5.22. The number of benzene rings is 1. The minimum atomic E-state index is 0.533. The number of hydrogen-bond acceptors (Lipinski definition) is 3. The second-order valence-electron chi connectivity index (χ2n) is 6.88. The lowest BCUT2D eigenvalue weighted by Gasteiger charge is -2.40. The van der Waals surface area contributed by atoms with Crippen molar-refractivity contribution >= 4 is 5.69 Å². The van der Waals surface area contributed by atoms with E-state index in [-0.39, 0.29) is 0 Å². The first-order chi connectivity index (χ1) is 10.2. The topological polar surface area (TPSA) is 18.5 Å². The average molecular weight is 287 g/mol. The van der Waals surface area contributed by atoms with Crippen LogP contribution in [0.4, 0.5) is 5.69 Å². The van der Waals surface area contributed by atoms with Crippen LogP contribution in [0.25, 0.3) is 0 Å². The standard InChI is InChI=1S/C18H29N3/c1-3-18(7-8-19-14-18)15-20-9-11-21(12-10-20)17-6-4-5-16(2)13-17/h4-6,13,19H,3,7-12,14-15H2,1-2H3. The third kappa shape index (κ3) is 3.41. The fraction of sp³-hybridized carbons (Fsp3) is 0.667. The number of nitrogens with one attached hydrogen (secondary N) is 1. The van der Waals surface area contributed by atoms with Crippen LogP contribution in [0, 0.1) is 12.3 Å². The fourth-order valence-electron chi connectivity index (χ4n) is 3.81. The number of aryl methyl sites for hydroxylation is 1. The van der Waals surface area contributed by atoms with E-state index in [9.17, 15) is 0 Å². The maximum Gasteiger partial charge on any atom is 0.0369 e. The Morgan fingerprint density at radius 2 is 2.00 bits per heavy atom. The van der Waals surface area contributed by atoms with Crippen molar-refractivity contribution in [3.63, 3.8) is 0 Å². The van der Waals surface area contributed by atoms with Gasteiger partial charge in [-0.1, -0.05) is 19.1 Å². The molecular formula is C18H29N3. The molecule has 1 unspecified atom stereocenters. The van der Waals surface area contributed by atoms with Gasteiger partial charge in [-0.05, 0) is 49.4 Å². The lowest BCUT2D eigenvalue weighted by Crippen LogP contribution is -2.50. The zero-order chi connectivity index (χ0) is 14.7. The van der Waals surface area contributed by atoms with Crippen LogP contribution in [0.2, 0.25) is 0 Å². The highest BCUT2D eigenvalue weighted by Crippen LogP contribution is 2.31. The van der Waals surface area contributed by atoms with Crippen LogP contribution in [-0.2, 0) is 0 Å². The molecule has 2 aliphatic heterocycles. The Balaban J connectivity index is 1.55. The summed E-state index contributed by atoms with van der Waals surface area (Å²) in [5.41, 5.74) is 3.28. The SMILES string of the molecule is CCC1(CN2CCN(c3cccc(C)c3)CC2)CCNC1. The molecule has 1 N–H and O–H groups in total. The van der Waals surface area contributed by atoms with E-state index >= 15 is 0 Å². The molecule has 0 spiro atoms. The van der Waals surface area contributed by atoms with E-state index in [0.29, 0.717) is 5.41 Å². The molecule has 1 aromatic rings. The van der Waals surface area contributed by atoms with Crippen molar-refractivity contribution in [2.75, 3.05) is 50.7 Å². The molecule has 1 aromatic carbocycles. The molecule has 0 aliphatic carbocycles. The summed E-state index contributed by atoms with van der Waals surface area (Å²) in [5.74, 6) is 0. The van der Waals surface area contributed by atoms with Gasteiger partial charge in [0.15, 0.2) is 0 Å². The van der Waals surface area contributed by atoms with Gasteiger partial charge >= 0.3 is 0 Å². The van der Waals surface area contributed by atoms with Crippen molar-refractivity contribution in [3.8, 4) is 0 Å². The first kappa shape index (κ1) is 14.9. The molecule has 0 bridgehead atoms. The van der Waals surface area contributed by atoms with Gasteiger partial charge in [0.05, 0.1) is 0 Å². The third-order valence-electron chi connectivity index (χ3n) is 5.38. The van der Waals surface area contributed by atoms with E-state index in [1.54, 1.807) is 0 Å². The highest BCUT2D eigenvalue weighted by molar-refractivity contribution is 5.48. The molecule has 3 nitrogen and oxygen atoms in total. The Morgan fingerprint density at radius 1 is 1.19 bits per heavy atom. The normalized spacial score (nSPS) is 27.2. The Kier molecular flexibility index (Phi) is 4.51. The molecule has 1 atom stereocenters. The molecule has 0 saturated carbocycles. The maximum absolute atomic E-state index is 3.56. The van der Waals surface area contributed by atoms with Crippen LogP contribution in [0.5, 0.6) is 0 Å². The van der Waals surface area contributed by atoms with Crippen molar-refractivity contribution in [3.05, 3.63) is 29.8 Å². The van der Waals surface area contributed by atoms with Crippen LogP contribution in [0.1, 0.15) is 25.3 Å². The van der Waals surface area contributed by atoms with Crippen LogP contribution in [0.3, 0.4) is 0 Å². The molecule has 0 radical (unpaired) electrons. The lowest BCUT2D eigenvalue weighted by atomic mass is 9.83. The average Bonchev–Trinajstić information content (AvgIpc) is 2.97. The van der Waals surface area contributed by atoms with Gasteiger partial charge in [-0.2, -0.15) is 0 Å². The Morgan fingerprint density at radius 3 is 2.62 bits per heavy atom. The van der Waals surface area contributed by atoms with Crippen LogP contribution >= 0.6 is 0 Å². The van der Waals surface area contributed by atoms with Gasteiger partial charge in [-0.25, -0.2) is 0 Å².